The van der Waals surface area contributed by atoms with Gasteiger partial charge in [-0.15, -0.1) is 0 Å². The quantitative estimate of drug-likeness (QED) is 0.248. The van der Waals surface area contributed by atoms with E-state index in [4.69, 9.17) is 10.3 Å². The van der Waals surface area contributed by atoms with Gasteiger partial charge in [-0.3, -0.25) is 15.0 Å². The number of H-pyrrole nitrogens is 1. The lowest BCUT2D eigenvalue weighted by Gasteiger charge is -2.02. The van der Waals surface area contributed by atoms with Crippen LogP contribution in [0.2, 0.25) is 0 Å². The van der Waals surface area contributed by atoms with Crippen molar-refractivity contribution in [2.75, 3.05) is 0 Å². The highest BCUT2D eigenvalue weighted by Crippen LogP contribution is 2.21. The summed E-state index contributed by atoms with van der Waals surface area (Å²) in [5.74, 6) is 5.48. The third-order valence-corrected chi connectivity index (χ3v) is 3.18. The summed E-state index contributed by atoms with van der Waals surface area (Å²) in [6.45, 7) is 1.74. The smallest absolute Gasteiger partial charge is 0.268 e. The minimum atomic E-state index is -0.421. The van der Waals surface area contributed by atoms with Crippen molar-refractivity contribution in [1.82, 2.24) is 15.4 Å². The van der Waals surface area contributed by atoms with E-state index in [1.165, 1.54) is 30.2 Å². The van der Waals surface area contributed by atoms with Gasteiger partial charge in [-0.25, -0.2) is 10.8 Å². The van der Waals surface area contributed by atoms with Gasteiger partial charge in [0, 0.05) is 11.8 Å². The lowest BCUT2D eigenvalue weighted by molar-refractivity contribution is 0.0952. The SMILES string of the molecule is Cc1cc(=O)[nH]c(SCc2occc2C(=O)NN)n1. The Labute approximate surface area is 112 Å². The molecule has 100 valence electrons. The summed E-state index contributed by atoms with van der Waals surface area (Å²) in [7, 11) is 0. The van der Waals surface area contributed by atoms with E-state index in [1.807, 2.05) is 5.43 Å². The molecule has 0 unspecified atom stereocenters. The number of furan rings is 1. The molecule has 19 heavy (non-hydrogen) atoms. The molecule has 0 radical (unpaired) electrons. The Hall–Kier alpha value is -2.06. The molecule has 2 rings (SSSR count). The van der Waals surface area contributed by atoms with Crippen molar-refractivity contribution >= 4 is 17.7 Å². The van der Waals surface area contributed by atoms with Gasteiger partial charge < -0.3 is 9.40 Å². The molecule has 0 saturated carbocycles. The molecule has 0 aliphatic rings. The van der Waals surface area contributed by atoms with Crippen LogP contribution in [0.15, 0.2) is 32.8 Å². The Morgan fingerprint density at radius 1 is 1.63 bits per heavy atom. The van der Waals surface area contributed by atoms with Gasteiger partial charge in [-0.05, 0) is 13.0 Å². The summed E-state index contributed by atoms with van der Waals surface area (Å²) in [6.07, 6.45) is 1.41. The third kappa shape index (κ3) is 3.24. The maximum atomic E-state index is 11.4. The molecule has 0 spiro atoms. The Bertz CT molecular complexity index is 649. The largest absolute Gasteiger partial charge is 0.468 e. The Balaban J connectivity index is 2.12. The average molecular weight is 280 g/mol. The van der Waals surface area contributed by atoms with E-state index < -0.39 is 5.91 Å². The molecule has 2 aromatic heterocycles. The number of aromatic amines is 1. The molecule has 2 aromatic rings. The molecule has 0 fully saturated rings. The molecular formula is C11H12N4O3S. The number of carbonyl (C=O) groups excluding carboxylic acids is 1. The van der Waals surface area contributed by atoms with Crippen LogP contribution in [0.25, 0.3) is 0 Å². The summed E-state index contributed by atoms with van der Waals surface area (Å²) in [6, 6.07) is 2.94. The van der Waals surface area contributed by atoms with Crippen LogP contribution in [0.3, 0.4) is 0 Å². The number of amides is 1. The van der Waals surface area contributed by atoms with Gasteiger partial charge in [0.1, 0.15) is 5.76 Å². The van der Waals surface area contributed by atoms with E-state index in [0.29, 0.717) is 27.9 Å². The standard InChI is InChI=1S/C11H12N4O3S/c1-6-4-9(16)14-11(13-6)19-5-8-7(2-3-18-8)10(17)15-12/h2-4H,5,12H2,1H3,(H,15,17)(H,13,14,16). The van der Waals surface area contributed by atoms with Crippen LogP contribution >= 0.6 is 11.8 Å². The number of rotatable bonds is 4. The maximum absolute atomic E-state index is 11.4. The van der Waals surface area contributed by atoms with Crippen molar-refractivity contribution in [2.45, 2.75) is 17.8 Å². The molecule has 7 nitrogen and oxygen atoms in total. The molecule has 2 heterocycles. The van der Waals surface area contributed by atoms with Crippen LogP contribution in [0.4, 0.5) is 0 Å². The zero-order valence-corrected chi connectivity index (χ0v) is 10.9. The van der Waals surface area contributed by atoms with Gasteiger partial charge in [0.25, 0.3) is 11.5 Å². The van der Waals surface area contributed by atoms with E-state index in [2.05, 4.69) is 9.97 Å². The summed E-state index contributed by atoms with van der Waals surface area (Å²) in [5.41, 5.74) is 2.82. The zero-order chi connectivity index (χ0) is 13.8. The molecule has 0 aliphatic carbocycles. The van der Waals surface area contributed by atoms with Crippen LogP contribution in [0.5, 0.6) is 0 Å². The van der Waals surface area contributed by atoms with Gasteiger partial charge in [0.2, 0.25) is 0 Å². The van der Waals surface area contributed by atoms with E-state index >= 15 is 0 Å². The minimum absolute atomic E-state index is 0.214. The molecule has 0 bridgehead atoms. The van der Waals surface area contributed by atoms with E-state index in [-0.39, 0.29) is 5.56 Å². The van der Waals surface area contributed by atoms with Crippen LogP contribution in [-0.4, -0.2) is 15.9 Å². The molecule has 0 aromatic carbocycles. The monoisotopic (exact) mass is 280 g/mol. The van der Waals surface area contributed by atoms with Crippen molar-refractivity contribution in [3.8, 4) is 0 Å². The number of carbonyl (C=O) groups is 1. The number of hydrazine groups is 1. The van der Waals surface area contributed by atoms with Crippen molar-refractivity contribution in [3.05, 3.63) is 45.8 Å². The van der Waals surface area contributed by atoms with Crippen molar-refractivity contribution in [3.63, 3.8) is 0 Å². The second kappa shape index (κ2) is 5.72. The van der Waals surface area contributed by atoms with Gasteiger partial charge in [-0.1, -0.05) is 11.8 Å². The predicted octanol–water partition coefficient (Wildman–Crippen LogP) is 0.567. The number of aromatic nitrogens is 2. The van der Waals surface area contributed by atoms with Gasteiger partial charge in [0.15, 0.2) is 5.16 Å². The van der Waals surface area contributed by atoms with Crippen LogP contribution in [0.1, 0.15) is 21.8 Å². The molecule has 0 aliphatic heterocycles. The fourth-order valence-corrected chi connectivity index (χ4v) is 2.36. The predicted molar refractivity (Wildman–Crippen MR) is 69.5 cm³/mol. The molecular weight excluding hydrogens is 268 g/mol. The Kier molecular flexibility index (Phi) is 4.03. The second-order valence-electron chi connectivity index (χ2n) is 3.71. The van der Waals surface area contributed by atoms with Crippen molar-refractivity contribution in [1.29, 1.82) is 0 Å². The van der Waals surface area contributed by atoms with E-state index in [9.17, 15) is 9.59 Å². The average Bonchev–Trinajstić information content (AvgIpc) is 2.82. The van der Waals surface area contributed by atoms with E-state index in [1.54, 1.807) is 6.92 Å². The number of aryl methyl sites for hydroxylation is 1. The van der Waals surface area contributed by atoms with Crippen LogP contribution < -0.4 is 16.8 Å². The number of nitrogens with one attached hydrogen (secondary N) is 2. The van der Waals surface area contributed by atoms with Crippen molar-refractivity contribution in [2.24, 2.45) is 5.84 Å². The highest BCUT2D eigenvalue weighted by atomic mass is 32.2. The van der Waals surface area contributed by atoms with Crippen molar-refractivity contribution < 1.29 is 9.21 Å². The minimum Gasteiger partial charge on any atom is -0.468 e. The van der Waals surface area contributed by atoms with Crippen LogP contribution in [-0.2, 0) is 5.75 Å². The van der Waals surface area contributed by atoms with Gasteiger partial charge in [-0.2, -0.15) is 0 Å². The molecule has 0 saturated heterocycles. The Morgan fingerprint density at radius 2 is 2.42 bits per heavy atom. The van der Waals surface area contributed by atoms with Gasteiger partial charge >= 0.3 is 0 Å². The molecule has 4 N–H and O–H groups in total. The normalized spacial score (nSPS) is 10.4. The third-order valence-electron chi connectivity index (χ3n) is 2.31. The number of nitrogens with zero attached hydrogens (tertiary/aromatic N) is 1. The highest BCUT2D eigenvalue weighted by Gasteiger charge is 2.14. The first-order valence-electron chi connectivity index (χ1n) is 5.38. The summed E-state index contributed by atoms with van der Waals surface area (Å²) >= 11 is 1.27. The second-order valence-corrected chi connectivity index (χ2v) is 4.68. The summed E-state index contributed by atoms with van der Waals surface area (Å²) in [4.78, 5) is 29.5. The first-order valence-corrected chi connectivity index (χ1v) is 6.37. The lowest BCUT2D eigenvalue weighted by atomic mass is 10.2. The molecule has 8 heteroatoms. The summed E-state index contributed by atoms with van der Waals surface area (Å²) < 4.78 is 5.21. The van der Waals surface area contributed by atoms with Crippen LogP contribution in [0, 0.1) is 6.92 Å². The zero-order valence-electron chi connectivity index (χ0n) is 10.1. The molecule has 0 atom stereocenters. The maximum Gasteiger partial charge on any atom is 0.268 e. The fraction of sp³-hybridized carbons (Fsp3) is 0.182. The lowest BCUT2D eigenvalue weighted by Crippen LogP contribution is -2.30. The first-order chi connectivity index (χ1) is 9.10. The highest BCUT2D eigenvalue weighted by molar-refractivity contribution is 7.98. The fourth-order valence-electron chi connectivity index (χ4n) is 1.49. The number of nitrogens with two attached hydrogens (primary N) is 1. The number of nitrogen functional groups attached to an aromatic ring is 1. The Morgan fingerprint density at radius 3 is 3.11 bits per heavy atom. The number of thioether (sulfide) groups is 1. The number of hydrogen-bond donors (Lipinski definition) is 3. The van der Waals surface area contributed by atoms with E-state index in [0.717, 1.165) is 0 Å². The summed E-state index contributed by atoms with van der Waals surface area (Å²) in [5, 5.41) is 0.473. The molecule has 1 amide bonds. The number of hydrogen-bond acceptors (Lipinski definition) is 6. The van der Waals surface area contributed by atoms with Gasteiger partial charge in [0.05, 0.1) is 17.6 Å². The first kappa shape index (κ1) is 13.4. The topological polar surface area (TPSA) is 114 Å².